The maximum absolute atomic E-state index is 12.9. The van der Waals surface area contributed by atoms with E-state index in [1.807, 2.05) is 0 Å². The van der Waals surface area contributed by atoms with Crippen LogP contribution in [0, 0.1) is 5.82 Å². The lowest BCUT2D eigenvalue weighted by Gasteiger charge is -2.05. The number of nitrogens with one attached hydrogen (secondary N) is 1. The van der Waals surface area contributed by atoms with E-state index in [1.54, 1.807) is 6.07 Å². The van der Waals surface area contributed by atoms with E-state index >= 15 is 0 Å². The van der Waals surface area contributed by atoms with Gasteiger partial charge in [0.15, 0.2) is 0 Å². The third-order valence-corrected chi connectivity index (χ3v) is 2.12. The van der Waals surface area contributed by atoms with Crippen LogP contribution in [0.2, 0.25) is 5.02 Å². The molecule has 0 aliphatic heterocycles. The zero-order valence-electron chi connectivity index (χ0n) is 7.39. The molecule has 1 aromatic rings. The molecule has 76 valence electrons. The average molecular weight is 217 g/mol. The molecule has 1 amide bonds. The third kappa shape index (κ3) is 2.68. The molecule has 1 aromatic carbocycles. The van der Waals surface area contributed by atoms with E-state index in [4.69, 9.17) is 17.3 Å². The van der Waals surface area contributed by atoms with Crippen LogP contribution in [0.5, 0.6) is 0 Å². The van der Waals surface area contributed by atoms with Gasteiger partial charge in [-0.3, -0.25) is 4.79 Å². The molecule has 0 saturated heterocycles. The number of amides is 1. The third-order valence-electron chi connectivity index (χ3n) is 1.69. The van der Waals surface area contributed by atoms with Crippen molar-refractivity contribution in [1.29, 1.82) is 0 Å². The Hall–Kier alpha value is -1.13. The van der Waals surface area contributed by atoms with Gasteiger partial charge in [-0.2, -0.15) is 0 Å². The lowest BCUT2D eigenvalue weighted by molar-refractivity contribution is -0.119. The van der Waals surface area contributed by atoms with Crippen LogP contribution in [0.4, 0.5) is 4.39 Å². The monoisotopic (exact) mass is 216 g/mol. The van der Waals surface area contributed by atoms with Gasteiger partial charge in [-0.05, 0) is 11.6 Å². The van der Waals surface area contributed by atoms with Crippen molar-refractivity contribution in [3.05, 3.63) is 34.6 Å². The van der Waals surface area contributed by atoms with Crippen LogP contribution >= 0.6 is 11.6 Å². The van der Waals surface area contributed by atoms with E-state index in [-0.39, 0.29) is 24.0 Å². The van der Waals surface area contributed by atoms with Crippen molar-refractivity contribution in [3.8, 4) is 0 Å². The van der Waals surface area contributed by atoms with Gasteiger partial charge < -0.3 is 11.1 Å². The summed E-state index contributed by atoms with van der Waals surface area (Å²) in [5, 5.41) is 2.53. The normalized spacial score (nSPS) is 9.93. The van der Waals surface area contributed by atoms with Gasteiger partial charge in [0.1, 0.15) is 5.82 Å². The summed E-state index contributed by atoms with van der Waals surface area (Å²) < 4.78 is 12.9. The van der Waals surface area contributed by atoms with E-state index < -0.39 is 5.82 Å². The molecule has 5 heteroatoms. The zero-order valence-corrected chi connectivity index (χ0v) is 8.14. The molecule has 0 heterocycles. The van der Waals surface area contributed by atoms with Gasteiger partial charge in [0.2, 0.25) is 5.91 Å². The highest BCUT2D eigenvalue weighted by atomic mass is 35.5. The lowest BCUT2D eigenvalue weighted by Crippen LogP contribution is -2.29. The van der Waals surface area contributed by atoms with Gasteiger partial charge in [0.05, 0.1) is 11.6 Å². The fraction of sp³-hybridized carbons (Fsp3) is 0.222. The maximum atomic E-state index is 12.9. The summed E-state index contributed by atoms with van der Waals surface area (Å²) in [6.07, 6.45) is 0. The Labute approximate surface area is 86.0 Å². The second kappa shape index (κ2) is 4.93. The molecule has 0 aliphatic rings. The Morgan fingerprint density at radius 3 is 2.93 bits per heavy atom. The molecule has 3 nitrogen and oxygen atoms in total. The highest BCUT2D eigenvalue weighted by Crippen LogP contribution is 2.19. The Morgan fingerprint density at radius 1 is 1.57 bits per heavy atom. The Kier molecular flexibility index (Phi) is 3.85. The molecule has 0 saturated carbocycles. The van der Waals surface area contributed by atoms with E-state index in [1.165, 1.54) is 12.1 Å². The van der Waals surface area contributed by atoms with Crippen LogP contribution in [0.1, 0.15) is 5.56 Å². The summed E-state index contributed by atoms with van der Waals surface area (Å²) >= 11 is 5.66. The minimum atomic E-state index is -0.494. The topological polar surface area (TPSA) is 55.1 Å². The molecular formula is C9H10ClFN2O. The van der Waals surface area contributed by atoms with Crippen molar-refractivity contribution in [2.75, 3.05) is 6.54 Å². The highest BCUT2D eigenvalue weighted by molar-refractivity contribution is 6.31. The minimum Gasteiger partial charge on any atom is -0.351 e. The summed E-state index contributed by atoms with van der Waals surface area (Å²) in [6.45, 7) is 0.0968. The molecule has 0 unspecified atom stereocenters. The maximum Gasteiger partial charge on any atom is 0.234 e. The average Bonchev–Trinajstić information content (AvgIpc) is 2.20. The molecule has 0 spiro atoms. The van der Waals surface area contributed by atoms with Crippen LogP contribution in [-0.2, 0) is 11.3 Å². The zero-order chi connectivity index (χ0) is 10.6. The second-order valence-corrected chi connectivity index (χ2v) is 3.07. The van der Waals surface area contributed by atoms with E-state index in [9.17, 15) is 9.18 Å². The van der Waals surface area contributed by atoms with Crippen molar-refractivity contribution >= 4 is 17.5 Å². The molecule has 3 N–H and O–H groups in total. The van der Waals surface area contributed by atoms with Gasteiger partial charge in [-0.25, -0.2) is 4.39 Å². The predicted octanol–water partition coefficient (Wildman–Crippen LogP) is 1.05. The number of hydrogen-bond acceptors (Lipinski definition) is 2. The number of hydrogen-bond donors (Lipinski definition) is 2. The Morgan fingerprint density at radius 2 is 2.29 bits per heavy atom. The SMILES string of the molecule is NCC(=O)NCc1cccc(F)c1Cl. The standard InChI is InChI=1S/C9H10ClFN2O/c10-9-6(2-1-3-7(9)11)5-13-8(14)4-12/h1-3H,4-5,12H2,(H,13,14). The van der Waals surface area contributed by atoms with Gasteiger partial charge in [0, 0.05) is 6.54 Å². The van der Waals surface area contributed by atoms with E-state index in [2.05, 4.69) is 5.32 Å². The summed E-state index contributed by atoms with van der Waals surface area (Å²) in [7, 11) is 0. The predicted molar refractivity (Wildman–Crippen MR) is 52.3 cm³/mol. The number of carbonyl (C=O) groups excluding carboxylic acids is 1. The molecule has 0 aliphatic carbocycles. The summed E-state index contributed by atoms with van der Waals surface area (Å²) in [4.78, 5) is 10.8. The van der Waals surface area contributed by atoms with Gasteiger partial charge in [-0.1, -0.05) is 23.7 Å². The number of carbonyl (C=O) groups is 1. The van der Waals surface area contributed by atoms with Gasteiger partial charge >= 0.3 is 0 Å². The number of rotatable bonds is 3. The van der Waals surface area contributed by atoms with Crippen molar-refractivity contribution in [2.24, 2.45) is 5.73 Å². The van der Waals surface area contributed by atoms with Gasteiger partial charge in [-0.15, -0.1) is 0 Å². The number of halogens is 2. The molecule has 0 fully saturated rings. The lowest BCUT2D eigenvalue weighted by atomic mass is 10.2. The molecule has 0 radical (unpaired) electrons. The van der Waals surface area contributed by atoms with Crippen molar-refractivity contribution in [2.45, 2.75) is 6.54 Å². The number of nitrogens with two attached hydrogens (primary N) is 1. The molecule has 0 bridgehead atoms. The fourth-order valence-corrected chi connectivity index (χ4v) is 1.14. The quantitative estimate of drug-likeness (QED) is 0.794. The van der Waals surface area contributed by atoms with Gasteiger partial charge in [0.25, 0.3) is 0 Å². The van der Waals surface area contributed by atoms with Crippen molar-refractivity contribution < 1.29 is 9.18 Å². The first-order valence-corrected chi connectivity index (χ1v) is 4.42. The fourth-order valence-electron chi connectivity index (χ4n) is 0.951. The largest absolute Gasteiger partial charge is 0.351 e. The first kappa shape index (κ1) is 10.9. The molecule has 0 atom stereocenters. The van der Waals surface area contributed by atoms with Crippen LogP contribution in [-0.4, -0.2) is 12.5 Å². The van der Waals surface area contributed by atoms with Crippen LogP contribution in [0.15, 0.2) is 18.2 Å². The minimum absolute atomic E-state index is 0.0322. The summed E-state index contributed by atoms with van der Waals surface area (Å²) in [5.41, 5.74) is 5.62. The smallest absolute Gasteiger partial charge is 0.234 e. The molecule has 14 heavy (non-hydrogen) atoms. The molecule has 1 rings (SSSR count). The van der Waals surface area contributed by atoms with Crippen LogP contribution in [0.25, 0.3) is 0 Å². The molecular weight excluding hydrogens is 207 g/mol. The van der Waals surface area contributed by atoms with E-state index in [0.29, 0.717) is 5.56 Å². The van der Waals surface area contributed by atoms with E-state index in [0.717, 1.165) is 0 Å². The molecule has 0 aromatic heterocycles. The van der Waals surface area contributed by atoms with Crippen LogP contribution in [0.3, 0.4) is 0 Å². The van der Waals surface area contributed by atoms with Crippen LogP contribution < -0.4 is 11.1 Å². The first-order valence-electron chi connectivity index (χ1n) is 4.05. The highest BCUT2D eigenvalue weighted by Gasteiger charge is 2.05. The summed E-state index contributed by atoms with van der Waals surface area (Å²) in [6, 6.07) is 4.43. The van der Waals surface area contributed by atoms with Crippen molar-refractivity contribution in [1.82, 2.24) is 5.32 Å². The first-order chi connectivity index (χ1) is 6.65. The second-order valence-electron chi connectivity index (χ2n) is 2.69. The van der Waals surface area contributed by atoms with Crippen molar-refractivity contribution in [3.63, 3.8) is 0 Å². The summed E-state index contributed by atoms with van der Waals surface area (Å²) in [5.74, 6) is -0.795. The Balaban J connectivity index is 2.68. The number of benzene rings is 1. The Bertz CT molecular complexity index is 344.